The quantitative estimate of drug-likeness (QED) is 0.699. The molecule has 164 valence electrons. The summed E-state index contributed by atoms with van der Waals surface area (Å²) in [6.07, 6.45) is -8.91. The van der Waals surface area contributed by atoms with Gasteiger partial charge in [0.1, 0.15) is 5.75 Å². The lowest BCUT2D eigenvalue weighted by Gasteiger charge is -2.35. The van der Waals surface area contributed by atoms with Crippen molar-refractivity contribution in [1.29, 1.82) is 0 Å². The molecule has 1 heterocycles. The third-order valence-electron chi connectivity index (χ3n) is 4.59. The largest absolute Gasteiger partial charge is 0.480 e. The summed E-state index contributed by atoms with van der Waals surface area (Å²) in [5.41, 5.74) is 0.968. The molecular weight excluding hydrogens is 407 g/mol. The Labute approximate surface area is 171 Å². The van der Waals surface area contributed by atoms with Gasteiger partial charge in [0.25, 0.3) is 0 Å². The molecule has 0 bridgehead atoms. The highest BCUT2D eigenvalue weighted by Crippen LogP contribution is 2.28. The van der Waals surface area contributed by atoms with Gasteiger partial charge in [0, 0.05) is 38.3 Å². The molecule has 1 fully saturated rings. The van der Waals surface area contributed by atoms with E-state index in [4.69, 9.17) is 16.4 Å². The number of rotatable bonds is 6. The second kappa shape index (κ2) is 9.67. The van der Waals surface area contributed by atoms with E-state index < -0.39 is 30.4 Å². The molecule has 0 aromatic heterocycles. The molecule has 0 aliphatic carbocycles. The number of carbonyl (C=O) groups excluding carboxylic acids is 1. The van der Waals surface area contributed by atoms with Crippen LogP contribution in [0.15, 0.2) is 18.2 Å². The third kappa shape index (κ3) is 6.25. The fraction of sp³-hybridized carbons (Fsp3) is 0.526. The number of amides is 1. The first-order valence-electron chi connectivity index (χ1n) is 9.15. The number of aliphatic carboxylic acids is 1. The number of carboxylic acid groups (broad SMARTS) is 1. The van der Waals surface area contributed by atoms with Crippen LogP contribution in [-0.4, -0.2) is 71.5 Å². The molecule has 0 radical (unpaired) electrons. The van der Waals surface area contributed by atoms with Gasteiger partial charge < -0.3 is 19.5 Å². The van der Waals surface area contributed by atoms with Crippen molar-refractivity contribution in [2.75, 3.05) is 26.2 Å². The monoisotopic (exact) mass is 429 g/mol. The van der Waals surface area contributed by atoms with E-state index in [1.165, 1.54) is 17.9 Å². The maximum absolute atomic E-state index is 12.5. The maximum Gasteiger partial charge on any atom is 0.425 e. The number of ether oxygens (including phenoxy) is 2. The van der Waals surface area contributed by atoms with Crippen LogP contribution in [-0.2, 0) is 16.1 Å². The van der Waals surface area contributed by atoms with Crippen LogP contribution in [0.1, 0.15) is 19.4 Å². The second-order valence-corrected chi connectivity index (χ2v) is 6.83. The van der Waals surface area contributed by atoms with Crippen LogP contribution < -0.4 is 4.74 Å². The summed E-state index contributed by atoms with van der Waals surface area (Å²) in [4.78, 5) is 29.5. The minimum Gasteiger partial charge on any atom is -0.480 e. The fourth-order valence-corrected chi connectivity index (χ4v) is 2.72. The molecule has 1 aliphatic rings. The van der Waals surface area contributed by atoms with Crippen molar-refractivity contribution in [3.8, 4) is 5.75 Å². The zero-order valence-electron chi connectivity index (χ0n) is 16.5. The van der Waals surface area contributed by atoms with Crippen LogP contribution in [0.5, 0.6) is 5.75 Å². The minimum absolute atomic E-state index is 0.186. The van der Waals surface area contributed by atoms with E-state index in [0.717, 1.165) is 6.92 Å². The van der Waals surface area contributed by atoms with Crippen LogP contribution in [0.4, 0.5) is 23.7 Å². The maximum atomic E-state index is 12.5. The van der Waals surface area contributed by atoms with Crippen molar-refractivity contribution in [1.82, 2.24) is 9.80 Å². The van der Waals surface area contributed by atoms with E-state index in [9.17, 15) is 22.8 Å². The molecule has 8 nitrogen and oxygen atoms in total. The lowest BCUT2D eigenvalue weighted by Crippen LogP contribution is -2.49. The molecule has 1 saturated heterocycles. The summed E-state index contributed by atoms with van der Waals surface area (Å²) < 4.78 is 47.6. The molecule has 1 aromatic carbocycles. The highest BCUT2D eigenvalue weighted by molar-refractivity contribution is 5.72. The number of hydrogen-bond donors (Lipinski definition) is 1. The summed E-state index contributed by atoms with van der Waals surface area (Å²) in [7, 11) is 0. The molecular formula is C19H22F3N3O5. The summed E-state index contributed by atoms with van der Waals surface area (Å²) >= 11 is 0. The smallest absolute Gasteiger partial charge is 0.425 e. The zero-order valence-corrected chi connectivity index (χ0v) is 16.5. The van der Waals surface area contributed by atoms with Crippen molar-refractivity contribution >= 4 is 17.7 Å². The van der Waals surface area contributed by atoms with E-state index >= 15 is 0 Å². The highest BCUT2D eigenvalue weighted by Gasteiger charge is 2.40. The van der Waals surface area contributed by atoms with Crippen molar-refractivity contribution in [2.45, 2.75) is 38.8 Å². The summed E-state index contributed by atoms with van der Waals surface area (Å²) in [5, 5.41) is 9.06. The molecule has 1 aliphatic heterocycles. The number of hydrogen-bond acceptors (Lipinski definition) is 5. The molecule has 2 atom stereocenters. The number of alkyl halides is 3. The van der Waals surface area contributed by atoms with Gasteiger partial charge in [-0.3, -0.25) is 4.90 Å². The molecule has 1 aromatic rings. The first-order valence-corrected chi connectivity index (χ1v) is 9.15. The Balaban J connectivity index is 1.98. The average Bonchev–Trinajstić information content (AvgIpc) is 2.68. The molecule has 1 amide bonds. The van der Waals surface area contributed by atoms with E-state index in [-0.39, 0.29) is 18.8 Å². The molecule has 1 unspecified atom stereocenters. The normalized spacial score (nSPS) is 17.0. The van der Waals surface area contributed by atoms with E-state index in [0.29, 0.717) is 30.9 Å². The SMILES string of the molecule is [C-]#[N+]c1ccc(CN2CCN(C(=O)OC(C)C(F)(F)F)CC2)c(O[C@@H](C)C(=O)O)c1. The van der Waals surface area contributed by atoms with Gasteiger partial charge in [-0.1, -0.05) is 12.1 Å². The molecule has 2 rings (SSSR count). The molecule has 0 saturated carbocycles. The standard InChI is InChI=1S/C19H22F3N3O5/c1-12(17(26)27)29-16-10-15(23-3)5-4-14(16)11-24-6-8-25(9-7-24)18(28)30-13(2)19(20,21)22/h4-5,10,12-13H,6-9,11H2,1-2H3,(H,26,27)/t12-,13?/m0/s1. The number of benzene rings is 1. The minimum atomic E-state index is -4.61. The summed E-state index contributed by atoms with van der Waals surface area (Å²) in [6.45, 7) is 10.8. The Morgan fingerprint density at radius 3 is 2.40 bits per heavy atom. The van der Waals surface area contributed by atoms with Crippen molar-refractivity contribution in [3.63, 3.8) is 0 Å². The first kappa shape index (κ1) is 23.3. The topological polar surface area (TPSA) is 83.7 Å². The van der Waals surface area contributed by atoms with Gasteiger partial charge in [-0.15, -0.1) is 0 Å². The van der Waals surface area contributed by atoms with Crippen molar-refractivity contribution < 1.29 is 37.3 Å². The zero-order chi connectivity index (χ0) is 22.5. The summed E-state index contributed by atoms with van der Waals surface area (Å²) in [6, 6.07) is 4.73. The Kier molecular flexibility index (Phi) is 7.50. The number of nitrogens with zero attached hydrogens (tertiary/aromatic N) is 3. The fourth-order valence-electron chi connectivity index (χ4n) is 2.72. The van der Waals surface area contributed by atoms with Crippen LogP contribution >= 0.6 is 0 Å². The van der Waals surface area contributed by atoms with Gasteiger partial charge >= 0.3 is 18.2 Å². The van der Waals surface area contributed by atoms with E-state index in [1.54, 1.807) is 12.1 Å². The van der Waals surface area contributed by atoms with Gasteiger partial charge in [0.05, 0.1) is 6.57 Å². The van der Waals surface area contributed by atoms with Gasteiger partial charge in [0.15, 0.2) is 17.9 Å². The van der Waals surface area contributed by atoms with Crippen molar-refractivity contribution in [3.05, 3.63) is 35.2 Å². The van der Waals surface area contributed by atoms with Gasteiger partial charge in [0.2, 0.25) is 0 Å². The lowest BCUT2D eigenvalue weighted by molar-refractivity contribution is -0.200. The van der Waals surface area contributed by atoms with Crippen LogP contribution in [0.3, 0.4) is 0 Å². The third-order valence-corrected chi connectivity index (χ3v) is 4.59. The van der Waals surface area contributed by atoms with Crippen LogP contribution in [0, 0.1) is 6.57 Å². The van der Waals surface area contributed by atoms with Crippen molar-refractivity contribution in [2.24, 2.45) is 0 Å². The number of halogens is 3. The molecule has 0 spiro atoms. The van der Waals surface area contributed by atoms with Crippen LogP contribution in [0.2, 0.25) is 0 Å². The number of piperazine rings is 1. The first-order chi connectivity index (χ1) is 14.0. The van der Waals surface area contributed by atoms with E-state index in [2.05, 4.69) is 9.58 Å². The average molecular weight is 429 g/mol. The number of carboxylic acids is 1. The number of carbonyl (C=O) groups is 2. The Morgan fingerprint density at radius 1 is 1.23 bits per heavy atom. The molecule has 11 heteroatoms. The summed E-state index contributed by atoms with van der Waals surface area (Å²) in [5.74, 6) is -0.867. The van der Waals surface area contributed by atoms with Gasteiger partial charge in [-0.05, 0) is 19.9 Å². The second-order valence-electron chi connectivity index (χ2n) is 6.83. The molecule has 30 heavy (non-hydrogen) atoms. The molecule has 1 N–H and O–H groups in total. The van der Waals surface area contributed by atoms with Gasteiger partial charge in [-0.2, -0.15) is 13.2 Å². The van der Waals surface area contributed by atoms with Crippen LogP contribution in [0.25, 0.3) is 4.85 Å². The Morgan fingerprint density at radius 2 is 1.87 bits per heavy atom. The Bertz CT molecular complexity index is 817. The lowest BCUT2D eigenvalue weighted by atomic mass is 10.1. The van der Waals surface area contributed by atoms with E-state index in [1.807, 2.05) is 4.90 Å². The predicted molar refractivity (Wildman–Crippen MR) is 99.3 cm³/mol. The highest BCUT2D eigenvalue weighted by atomic mass is 19.4. The predicted octanol–water partition coefficient (Wildman–Crippen LogP) is 3.29. The Hall–Kier alpha value is -3.00. The van der Waals surface area contributed by atoms with Gasteiger partial charge in [-0.25, -0.2) is 14.4 Å².